The molecular weight excluding hydrogens is 501 g/mol. The van der Waals surface area contributed by atoms with Gasteiger partial charge in [0.05, 0.1) is 5.69 Å². The lowest BCUT2D eigenvalue weighted by molar-refractivity contribution is -0.167. The van der Waals surface area contributed by atoms with Crippen molar-refractivity contribution in [2.45, 2.75) is 39.2 Å². The van der Waals surface area contributed by atoms with Gasteiger partial charge in [-0.2, -0.15) is 13.2 Å². The summed E-state index contributed by atoms with van der Waals surface area (Å²) in [6.07, 6.45) is -5.09. The summed E-state index contributed by atoms with van der Waals surface area (Å²) < 4.78 is 44.4. The average Bonchev–Trinajstić information content (AvgIpc) is 2.81. The van der Waals surface area contributed by atoms with Gasteiger partial charge in [-0.25, -0.2) is 4.98 Å². The third-order valence-electron chi connectivity index (χ3n) is 4.73. The highest BCUT2D eigenvalue weighted by Gasteiger charge is 2.38. The Kier molecular flexibility index (Phi) is 8.36. The zero-order valence-corrected chi connectivity index (χ0v) is 20.0. The van der Waals surface area contributed by atoms with Crippen LogP contribution in [0.3, 0.4) is 0 Å². The van der Waals surface area contributed by atoms with Crippen LogP contribution in [0.4, 0.5) is 24.7 Å². The molecule has 3 aromatic rings. The lowest BCUT2D eigenvalue weighted by atomic mass is 10.1. The van der Waals surface area contributed by atoms with Gasteiger partial charge >= 0.3 is 18.1 Å². The van der Waals surface area contributed by atoms with Gasteiger partial charge in [0, 0.05) is 17.3 Å². The smallest absolute Gasteiger partial charge is 0.459 e. The van der Waals surface area contributed by atoms with Crippen molar-refractivity contribution in [3.8, 4) is 11.3 Å². The number of aromatic nitrogens is 2. The Hall–Kier alpha value is -3.86. The first-order valence-electron chi connectivity index (χ1n) is 10.7. The van der Waals surface area contributed by atoms with Crippen LogP contribution in [0.1, 0.15) is 19.4 Å². The van der Waals surface area contributed by atoms with Crippen LogP contribution in [0.15, 0.2) is 59.4 Å². The van der Waals surface area contributed by atoms with Gasteiger partial charge in [0.25, 0.3) is 5.56 Å². The molecule has 1 heterocycles. The van der Waals surface area contributed by atoms with Crippen molar-refractivity contribution in [3.05, 3.63) is 75.7 Å². The second-order valence-electron chi connectivity index (χ2n) is 7.97. The first-order valence-corrected chi connectivity index (χ1v) is 11.1. The molecule has 8 nitrogen and oxygen atoms in total. The number of hydrogen-bond acceptors (Lipinski definition) is 6. The van der Waals surface area contributed by atoms with E-state index in [4.69, 9.17) is 16.3 Å². The molecular formula is C24H22ClF3N4O4. The van der Waals surface area contributed by atoms with Crippen molar-refractivity contribution in [2.24, 2.45) is 0 Å². The zero-order chi connectivity index (χ0) is 26.5. The predicted molar refractivity (Wildman–Crippen MR) is 129 cm³/mol. The molecule has 0 saturated carbocycles. The van der Waals surface area contributed by atoms with Crippen molar-refractivity contribution >= 4 is 35.0 Å². The van der Waals surface area contributed by atoms with Gasteiger partial charge in [0.15, 0.2) is 11.0 Å². The van der Waals surface area contributed by atoms with Gasteiger partial charge in [0.2, 0.25) is 0 Å². The van der Waals surface area contributed by atoms with Crippen LogP contribution in [0.2, 0.25) is 5.15 Å². The maximum atomic E-state index is 13.2. The highest BCUT2D eigenvalue weighted by molar-refractivity contribution is 6.32. The van der Waals surface area contributed by atoms with E-state index >= 15 is 0 Å². The number of anilines is 2. The lowest BCUT2D eigenvalue weighted by Crippen LogP contribution is -2.31. The molecule has 190 valence electrons. The normalized spacial score (nSPS) is 11.3. The molecule has 0 fully saturated rings. The Bertz CT molecular complexity index is 1310. The number of amides is 1. The molecule has 2 N–H and O–H groups in total. The highest BCUT2D eigenvalue weighted by atomic mass is 35.5. The molecule has 0 saturated heterocycles. The minimum absolute atomic E-state index is 0.0291. The van der Waals surface area contributed by atoms with Crippen LogP contribution in [0.25, 0.3) is 11.3 Å². The fourth-order valence-electron chi connectivity index (χ4n) is 3.19. The number of ether oxygens (including phenoxy) is 1. The Balaban J connectivity index is 2.00. The van der Waals surface area contributed by atoms with Crippen molar-refractivity contribution < 1.29 is 27.5 Å². The molecule has 0 aliphatic rings. The van der Waals surface area contributed by atoms with Gasteiger partial charge in [0.1, 0.15) is 13.2 Å². The molecule has 36 heavy (non-hydrogen) atoms. The largest absolute Gasteiger partial charge is 0.471 e. The highest BCUT2D eigenvalue weighted by Crippen LogP contribution is 2.29. The summed E-state index contributed by atoms with van der Waals surface area (Å²) in [5, 5.41) is 4.41. The summed E-state index contributed by atoms with van der Waals surface area (Å²) >= 11 is 6.38. The maximum absolute atomic E-state index is 13.2. The van der Waals surface area contributed by atoms with E-state index in [1.54, 1.807) is 43.4 Å². The van der Waals surface area contributed by atoms with E-state index in [2.05, 4.69) is 10.3 Å². The monoisotopic (exact) mass is 522 g/mol. The minimum atomic E-state index is -5.09. The predicted octanol–water partition coefficient (Wildman–Crippen LogP) is 4.63. The van der Waals surface area contributed by atoms with Crippen LogP contribution in [-0.4, -0.2) is 33.6 Å². The minimum Gasteiger partial charge on any atom is -0.459 e. The molecule has 3 rings (SSSR count). The van der Waals surface area contributed by atoms with E-state index in [9.17, 15) is 27.6 Å². The number of rotatable bonds is 8. The van der Waals surface area contributed by atoms with Crippen LogP contribution in [0.5, 0.6) is 0 Å². The third kappa shape index (κ3) is 6.85. The van der Waals surface area contributed by atoms with E-state index in [1.807, 2.05) is 6.07 Å². The quantitative estimate of drug-likeness (QED) is 0.418. The van der Waals surface area contributed by atoms with Crippen molar-refractivity contribution in [1.29, 1.82) is 0 Å². The number of nitrogens with one attached hydrogen (secondary N) is 2. The molecule has 0 atom stereocenters. The maximum Gasteiger partial charge on any atom is 0.471 e. The third-order valence-corrected chi connectivity index (χ3v) is 4.99. The van der Waals surface area contributed by atoms with E-state index in [1.165, 1.54) is 24.3 Å². The molecule has 12 heteroatoms. The Morgan fingerprint density at radius 3 is 2.44 bits per heavy atom. The van der Waals surface area contributed by atoms with Crippen molar-refractivity contribution in [2.75, 3.05) is 10.6 Å². The first kappa shape index (κ1) is 26.7. The van der Waals surface area contributed by atoms with Gasteiger partial charge in [-0.3, -0.25) is 19.0 Å². The number of carbonyl (C=O) groups excluding carboxylic acids is 2. The number of carbonyl (C=O) groups is 2. The molecule has 0 radical (unpaired) electrons. The van der Waals surface area contributed by atoms with Crippen LogP contribution < -0.4 is 16.2 Å². The second kappa shape index (κ2) is 11.3. The van der Waals surface area contributed by atoms with Gasteiger partial charge < -0.3 is 15.4 Å². The summed E-state index contributed by atoms with van der Waals surface area (Å²) in [5.41, 5.74) is -0.0286. The average molecular weight is 523 g/mol. The fraction of sp³-hybridized carbons (Fsp3) is 0.250. The molecule has 1 amide bonds. The summed E-state index contributed by atoms with van der Waals surface area (Å²) in [6, 6.07) is 13.9. The Morgan fingerprint density at radius 1 is 1.11 bits per heavy atom. The van der Waals surface area contributed by atoms with Crippen molar-refractivity contribution in [1.82, 2.24) is 9.55 Å². The van der Waals surface area contributed by atoms with E-state index < -0.39 is 30.2 Å². The number of nitrogens with zero attached hydrogens (tertiary/aromatic N) is 2. The van der Waals surface area contributed by atoms with Gasteiger partial charge in [-0.1, -0.05) is 54.1 Å². The van der Waals surface area contributed by atoms with Crippen LogP contribution >= 0.6 is 11.6 Å². The molecule has 0 bridgehead atoms. The molecule has 0 aliphatic carbocycles. The topological polar surface area (TPSA) is 102 Å². The number of esters is 1. The SMILES string of the molecule is CC(C)Nc1nc(Cl)c(-c2cccc(NC(=O)C(F)(F)F)c2)n(CC(=O)OCc2ccccc2)c1=O. The Morgan fingerprint density at radius 2 is 1.81 bits per heavy atom. The van der Waals surface area contributed by atoms with Crippen LogP contribution in [-0.2, 0) is 27.5 Å². The van der Waals surface area contributed by atoms with E-state index in [0.29, 0.717) is 0 Å². The van der Waals surface area contributed by atoms with Crippen LogP contribution in [0, 0.1) is 0 Å². The summed E-state index contributed by atoms with van der Waals surface area (Å²) in [4.78, 5) is 41.3. The van der Waals surface area contributed by atoms with E-state index in [-0.39, 0.29) is 40.6 Å². The first-order chi connectivity index (χ1) is 17.0. The number of alkyl halides is 3. The number of halogens is 4. The Labute approximate surface area is 209 Å². The number of hydrogen-bond donors (Lipinski definition) is 2. The van der Waals surface area contributed by atoms with Gasteiger partial charge in [-0.05, 0) is 31.5 Å². The summed E-state index contributed by atoms with van der Waals surface area (Å²) in [6.45, 7) is 2.97. The number of benzene rings is 2. The molecule has 0 aliphatic heterocycles. The fourth-order valence-corrected chi connectivity index (χ4v) is 3.49. The molecule has 1 aromatic heterocycles. The molecule has 0 unspecified atom stereocenters. The summed E-state index contributed by atoms with van der Waals surface area (Å²) in [5.74, 6) is -3.03. The molecule has 2 aromatic carbocycles. The van der Waals surface area contributed by atoms with Crippen molar-refractivity contribution in [3.63, 3.8) is 0 Å². The second-order valence-corrected chi connectivity index (χ2v) is 8.33. The summed E-state index contributed by atoms with van der Waals surface area (Å²) in [7, 11) is 0. The van der Waals surface area contributed by atoms with Gasteiger partial charge in [-0.15, -0.1) is 0 Å². The molecule has 0 spiro atoms. The zero-order valence-electron chi connectivity index (χ0n) is 19.2. The lowest BCUT2D eigenvalue weighted by Gasteiger charge is -2.18. The van der Waals surface area contributed by atoms with E-state index in [0.717, 1.165) is 10.1 Å². The standard InChI is InChI=1S/C24H22ClF3N4O4/c1-14(2)29-21-22(34)32(12-18(33)36-13-15-7-4-3-5-8-15)19(20(25)31-21)16-9-6-10-17(11-16)30-23(35)24(26,27)28/h3-11,14H,12-13H2,1-2H3,(H,29,31)(H,30,35).